The summed E-state index contributed by atoms with van der Waals surface area (Å²) in [7, 11) is 0. The maximum Gasteiger partial charge on any atom is 0.418 e. The van der Waals surface area contributed by atoms with Crippen LogP contribution < -0.4 is 5.32 Å². The third-order valence-electron chi connectivity index (χ3n) is 4.95. The van der Waals surface area contributed by atoms with Gasteiger partial charge in [-0.1, -0.05) is 0 Å². The molecule has 6 nitrogen and oxygen atoms in total. The largest absolute Gasteiger partial charge is 0.477 e. The summed E-state index contributed by atoms with van der Waals surface area (Å²) in [5.41, 5.74) is -2.26. The molecule has 0 spiro atoms. The van der Waals surface area contributed by atoms with Crippen LogP contribution in [0.5, 0.6) is 0 Å². The number of aromatic carboxylic acids is 1. The molecule has 0 fully saturated rings. The minimum absolute atomic E-state index is 0.0348. The number of fused-ring (bicyclic) bond motifs is 1. The van der Waals surface area contributed by atoms with E-state index in [1.54, 1.807) is 13.0 Å². The average molecular weight is 492 g/mol. The van der Waals surface area contributed by atoms with Crippen molar-refractivity contribution in [1.29, 1.82) is 0 Å². The Labute approximate surface area is 193 Å². The second kappa shape index (κ2) is 8.53. The van der Waals surface area contributed by atoms with Gasteiger partial charge in [-0.15, -0.1) is 0 Å². The fourth-order valence-corrected chi connectivity index (χ4v) is 3.37. The number of carboxylic acids is 1. The number of pyridine rings is 3. The van der Waals surface area contributed by atoms with Gasteiger partial charge in [-0.25, -0.2) is 19.7 Å². The van der Waals surface area contributed by atoms with Crippen molar-refractivity contribution in [3.63, 3.8) is 0 Å². The molecule has 0 radical (unpaired) electrons. The maximum atomic E-state index is 13.5. The minimum Gasteiger partial charge on any atom is -0.477 e. The number of rotatable bonds is 4. The Morgan fingerprint density at radius 1 is 0.857 bits per heavy atom. The monoisotopic (exact) mass is 492 g/mol. The summed E-state index contributed by atoms with van der Waals surface area (Å²) in [5, 5.41) is 12.5. The topological polar surface area (TPSA) is 88.0 Å². The van der Waals surface area contributed by atoms with Gasteiger partial charge in [-0.3, -0.25) is 0 Å². The summed E-state index contributed by atoms with van der Waals surface area (Å²) < 4.78 is 79.1. The number of hydrogen-bond donors (Lipinski definition) is 2. The van der Waals surface area contributed by atoms with E-state index in [1.165, 1.54) is 24.3 Å². The second-order valence-electron chi connectivity index (χ2n) is 7.47. The van der Waals surface area contributed by atoms with Gasteiger partial charge in [0, 0.05) is 16.8 Å². The molecule has 0 saturated heterocycles. The smallest absolute Gasteiger partial charge is 0.418 e. The molecule has 12 heteroatoms. The molecule has 0 saturated carbocycles. The van der Waals surface area contributed by atoms with Crippen LogP contribution in [0, 0.1) is 6.92 Å². The van der Waals surface area contributed by atoms with Gasteiger partial charge in [0.15, 0.2) is 5.65 Å². The van der Waals surface area contributed by atoms with Crippen molar-refractivity contribution in [3.05, 3.63) is 77.1 Å². The molecular weight excluding hydrogens is 478 g/mol. The highest BCUT2D eigenvalue weighted by Gasteiger charge is 2.35. The number of anilines is 2. The van der Waals surface area contributed by atoms with Crippen molar-refractivity contribution in [1.82, 2.24) is 15.0 Å². The Bertz CT molecular complexity index is 1430. The third-order valence-corrected chi connectivity index (χ3v) is 4.95. The lowest BCUT2D eigenvalue weighted by Crippen LogP contribution is -2.12. The van der Waals surface area contributed by atoms with Gasteiger partial charge in [-0.05, 0) is 61.5 Å². The van der Waals surface area contributed by atoms with E-state index in [1.807, 2.05) is 0 Å². The predicted octanol–water partition coefficient (Wildman–Crippen LogP) is 6.48. The number of benzene rings is 1. The zero-order chi connectivity index (χ0) is 25.5. The Balaban J connectivity index is 1.79. The molecule has 35 heavy (non-hydrogen) atoms. The lowest BCUT2D eigenvalue weighted by atomic mass is 10.1. The van der Waals surface area contributed by atoms with Crippen molar-refractivity contribution >= 4 is 28.4 Å². The molecule has 2 N–H and O–H groups in total. The van der Waals surface area contributed by atoms with Crippen LogP contribution in [0.1, 0.15) is 27.3 Å². The Morgan fingerprint density at radius 2 is 1.54 bits per heavy atom. The summed E-state index contributed by atoms with van der Waals surface area (Å²) in [6.07, 6.45) is -9.30. The Morgan fingerprint density at radius 3 is 2.14 bits per heavy atom. The van der Waals surface area contributed by atoms with Crippen molar-refractivity contribution < 1.29 is 36.2 Å². The number of aryl methyl sites for hydroxylation is 1. The summed E-state index contributed by atoms with van der Waals surface area (Å²) in [5.74, 6) is -1.50. The standard InChI is InChI=1S/C23H14F6N4O2/c1-11-10-18(31-13-4-2-12(3-5-13)22(24,25)26)14-6-8-16(33-20(14)30-11)19-15(23(27,28)29)7-9-17(32-19)21(34)35/h2-10H,1H3,(H,34,35)(H,30,31,33). The van der Waals surface area contributed by atoms with E-state index in [9.17, 15) is 31.1 Å². The van der Waals surface area contributed by atoms with Gasteiger partial charge in [0.1, 0.15) is 11.4 Å². The molecule has 0 amide bonds. The first-order valence-corrected chi connectivity index (χ1v) is 9.87. The highest BCUT2D eigenvalue weighted by atomic mass is 19.4. The molecule has 0 aliphatic carbocycles. The van der Waals surface area contributed by atoms with Crippen molar-refractivity contribution in [2.75, 3.05) is 5.32 Å². The van der Waals surface area contributed by atoms with Crippen LogP contribution in [0.4, 0.5) is 37.7 Å². The van der Waals surface area contributed by atoms with Crippen molar-refractivity contribution in [2.24, 2.45) is 0 Å². The molecule has 0 atom stereocenters. The van der Waals surface area contributed by atoms with Gasteiger partial charge in [0.2, 0.25) is 0 Å². The van der Waals surface area contributed by atoms with Gasteiger partial charge >= 0.3 is 18.3 Å². The van der Waals surface area contributed by atoms with Crippen LogP contribution in [-0.4, -0.2) is 26.0 Å². The van der Waals surface area contributed by atoms with Crippen LogP contribution >= 0.6 is 0 Å². The van der Waals surface area contributed by atoms with Gasteiger partial charge in [0.25, 0.3) is 0 Å². The minimum atomic E-state index is -4.81. The predicted molar refractivity (Wildman–Crippen MR) is 114 cm³/mol. The maximum absolute atomic E-state index is 13.5. The molecule has 180 valence electrons. The quantitative estimate of drug-likeness (QED) is 0.317. The first kappa shape index (κ1) is 23.9. The summed E-state index contributed by atoms with van der Waals surface area (Å²) in [6, 6.07) is 9.94. The van der Waals surface area contributed by atoms with Crippen LogP contribution in [0.15, 0.2) is 54.6 Å². The van der Waals surface area contributed by atoms with Crippen molar-refractivity contribution in [3.8, 4) is 11.4 Å². The van der Waals surface area contributed by atoms with Crippen LogP contribution in [0.3, 0.4) is 0 Å². The summed E-state index contributed by atoms with van der Waals surface area (Å²) in [6.45, 7) is 1.61. The summed E-state index contributed by atoms with van der Waals surface area (Å²) in [4.78, 5) is 23.3. The fraction of sp³-hybridized carbons (Fsp3) is 0.130. The van der Waals surface area contributed by atoms with Crippen LogP contribution in [0.2, 0.25) is 0 Å². The molecule has 0 aliphatic heterocycles. The Kier molecular flexibility index (Phi) is 5.83. The number of carboxylic acid groups (broad SMARTS) is 1. The van der Waals surface area contributed by atoms with E-state index in [0.29, 0.717) is 28.5 Å². The molecule has 3 aromatic heterocycles. The van der Waals surface area contributed by atoms with Crippen LogP contribution in [-0.2, 0) is 12.4 Å². The molecule has 4 rings (SSSR count). The molecule has 0 bridgehead atoms. The normalized spacial score (nSPS) is 12.1. The number of alkyl halides is 6. The first-order chi connectivity index (χ1) is 16.3. The number of aromatic nitrogens is 3. The van der Waals surface area contributed by atoms with E-state index in [-0.39, 0.29) is 11.3 Å². The van der Waals surface area contributed by atoms with Gasteiger partial charge < -0.3 is 10.4 Å². The average Bonchev–Trinajstić information content (AvgIpc) is 2.77. The van der Waals surface area contributed by atoms with E-state index in [0.717, 1.165) is 18.2 Å². The zero-order valence-corrected chi connectivity index (χ0v) is 17.7. The van der Waals surface area contributed by atoms with Gasteiger partial charge in [-0.2, -0.15) is 26.3 Å². The Hall–Kier alpha value is -4.22. The van der Waals surface area contributed by atoms with E-state index < -0.39 is 40.8 Å². The molecule has 4 aromatic rings. The molecule has 3 heterocycles. The zero-order valence-electron chi connectivity index (χ0n) is 17.7. The van der Waals surface area contributed by atoms with E-state index in [2.05, 4.69) is 20.3 Å². The number of hydrogen-bond acceptors (Lipinski definition) is 5. The second-order valence-corrected chi connectivity index (χ2v) is 7.47. The third kappa shape index (κ3) is 5.00. The number of nitrogens with one attached hydrogen (secondary N) is 1. The van der Waals surface area contributed by atoms with Crippen LogP contribution in [0.25, 0.3) is 22.4 Å². The van der Waals surface area contributed by atoms with Gasteiger partial charge in [0.05, 0.1) is 22.5 Å². The van der Waals surface area contributed by atoms with Crippen molar-refractivity contribution in [2.45, 2.75) is 19.3 Å². The highest BCUT2D eigenvalue weighted by molar-refractivity contribution is 5.92. The molecule has 0 unspecified atom stereocenters. The SMILES string of the molecule is Cc1cc(Nc2ccc(C(F)(F)F)cc2)c2ccc(-c3nc(C(=O)O)ccc3C(F)(F)F)nc2n1. The fourth-order valence-electron chi connectivity index (χ4n) is 3.37. The number of halogens is 6. The lowest BCUT2D eigenvalue weighted by molar-refractivity contribution is -0.138. The van der Waals surface area contributed by atoms with E-state index in [4.69, 9.17) is 5.11 Å². The lowest BCUT2D eigenvalue weighted by Gasteiger charge is -2.14. The first-order valence-electron chi connectivity index (χ1n) is 9.87. The molecule has 1 aromatic carbocycles. The number of nitrogens with zero attached hydrogens (tertiary/aromatic N) is 3. The molecular formula is C23H14F6N4O2. The highest BCUT2D eigenvalue weighted by Crippen LogP contribution is 2.37. The molecule has 0 aliphatic rings. The summed E-state index contributed by atoms with van der Waals surface area (Å²) >= 11 is 0. The van der Waals surface area contributed by atoms with E-state index >= 15 is 0 Å². The number of carbonyl (C=O) groups is 1.